The molecule has 1 aliphatic rings. The number of pyridine rings is 1. The Balaban J connectivity index is 1.95. The van der Waals surface area contributed by atoms with Crippen LogP contribution >= 0.6 is 0 Å². The fraction of sp³-hybridized carbons (Fsp3) is 0.562. The molecule has 1 saturated carbocycles. The molecular formula is C16H22N2O3. The highest BCUT2D eigenvalue weighted by atomic mass is 16.4. The van der Waals surface area contributed by atoms with Gasteiger partial charge in [0.25, 0.3) is 0 Å². The molecule has 1 heterocycles. The molecule has 1 fully saturated rings. The van der Waals surface area contributed by atoms with Crippen LogP contribution in [0.2, 0.25) is 0 Å². The molecule has 0 aromatic carbocycles. The van der Waals surface area contributed by atoms with Crippen LogP contribution < -0.4 is 5.32 Å². The van der Waals surface area contributed by atoms with E-state index in [0.717, 1.165) is 31.4 Å². The van der Waals surface area contributed by atoms with E-state index in [1.54, 1.807) is 6.20 Å². The van der Waals surface area contributed by atoms with Crippen LogP contribution in [0.25, 0.3) is 0 Å². The maximum Gasteiger partial charge on any atom is 0.303 e. The highest BCUT2D eigenvalue weighted by Crippen LogP contribution is 2.44. The molecule has 5 heteroatoms. The van der Waals surface area contributed by atoms with Gasteiger partial charge in [0.15, 0.2) is 0 Å². The summed E-state index contributed by atoms with van der Waals surface area (Å²) in [4.78, 5) is 27.5. The van der Waals surface area contributed by atoms with Crippen LogP contribution in [0.4, 0.5) is 0 Å². The quantitative estimate of drug-likeness (QED) is 0.844. The molecule has 2 rings (SSSR count). The van der Waals surface area contributed by atoms with Crippen molar-refractivity contribution in [1.82, 2.24) is 10.3 Å². The Hall–Kier alpha value is -1.91. The molecule has 2 N–H and O–H groups in total. The predicted octanol–water partition coefficient (Wildman–Crippen LogP) is 2.68. The molecule has 1 aromatic rings. The zero-order valence-electron chi connectivity index (χ0n) is 12.3. The molecule has 1 aliphatic carbocycles. The van der Waals surface area contributed by atoms with Gasteiger partial charge in [0.1, 0.15) is 0 Å². The van der Waals surface area contributed by atoms with Crippen LogP contribution in [-0.2, 0) is 9.59 Å². The van der Waals surface area contributed by atoms with Crippen LogP contribution in [0.1, 0.15) is 57.2 Å². The summed E-state index contributed by atoms with van der Waals surface area (Å²) >= 11 is 0. The first-order chi connectivity index (χ1) is 10.0. The van der Waals surface area contributed by atoms with E-state index in [1.165, 1.54) is 0 Å². The number of carbonyl (C=O) groups is 2. The number of amides is 1. The summed E-state index contributed by atoms with van der Waals surface area (Å²) in [7, 11) is 0. The van der Waals surface area contributed by atoms with Gasteiger partial charge in [-0.1, -0.05) is 18.9 Å². The second-order valence-corrected chi connectivity index (χ2v) is 6.00. The fourth-order valence-corrected chi connectivity index (χ4v) is 3.20. The molecule has 0 saturated heterocycles. The van der Waals surface area contributed by atoms with Gasteiger partial charge in [-0.25, -0.2) is 0 Å². The van der Waals surface area contributed by atoms with Gasteiger partial charge in [-0.2, -0.15) is 0 Å². The SMILES string of the molecule is C[C@H](NC(=O)CC1(CC(=O)O)CCCC1)c1ccccn1. The molecule has 1 amide bonds. The van der Waals surface area contributed by atoms with Gasteiger partial charge in [-0.05, 0) is 37.3 Å². The molecule has 1 atom stereocenters. The minimum atomic E-state index is -0.817. The highest BCUT2D eigenvalue weighted by molar-refractivity contribution is 5.78. The summed E-state index contributed by atoms with van der Waals surface area (Å²) in [5.41, 5.74) is 0.448. The monoisotopic (exact) mass is 290 g/mol. The van der Waals surface area contributed by atoms with Gasteiger partial charge in [0.2, 0.25) is 5.91 Å². The van der Waals surface area contributed by atoms with Crippen LogP contribution in [-0.4, -0.2) is 22.0 Å². The average Bonchev–Trinajstić information content (AvgIpc) is 2.86. The summed E-state index contributed by atoms with van der Waals surface area (Å²) in [6, 6.07) is 5.42. The number of rotatable bonds is 6. The van der Waals surface area contributed by atoms with Gasteiger partial charge >= 0.3 is 5.97 Å². The molecule has 0 radical (unpaired) electrons. The van der Waals surface area contributed by atoms with Crippen molar-refractivity contribution < 1.29 is 14.7 Å². The second-order valence-electron chi connectivity index (χ2n) is 6.00. The first kappa shape index (κ1) is 15.5. The minimum Gasteiger partial charge on any atom is -0.481 e. The second kappa shape index (κ2) is 6.70. The molecule has 1 aromatic heterocycles. The summed E-state index contributed by atoms with van der Waals surface area (Å²) in [5, 5.41) is 12.0. The van der Waals surface area contributed by atoms with Crippen molar-refractivity contribution in [2.24, 2.45) is 5.41 Å². The Morgan fingerprint density at radius 1 is 1.33 bits per heavy atom. The smallest absolute Gasteiger partial charge is 0.303 e. The first-order valence-corrected chi connectivity index (χ1v) is 7.43. The molecule has 5 nitrogen and oxygen atoms in total. The summed E-state index contributed by atoms with van der Waals surface area (Å²) in [5.74, 6) is -0.904. The zero-order chi connectivity index (χ0) is 15.3. The lowest BCUT2D eigenvalue weighted by Gasteiger charge is -2.27. The number of nitrogens with zero attached hydrogens (tertiary/aromatic N) is 1. The van der Waals surface area contributed by atoms with Gasteiger partial charge in [-0.3, -0.25) is 14.6 Å². The number of carboxylic acid groups (broad SMARTS) is 1. The van der Waals surface area contributed by atoms with Crippen molar-refractivity contribution in [1.29, 1.82) is 0 Å². The van der Waals surface area contributed by atoms with Crippen molar-refractivity contribution in [3.8, 4) is 0 Å². The topological polar surface area (TPSA) is 79.3 Å². The van der Waals surface area contributed by atoms with E-state index in [-0.39, 0.29) is 30.2 Å². The molecule has 0 aliphatic heterocycles. The van der Waals surface area contributed by atoms with Crippen LogP contribution in [0.3, 0.4) is 0 Å². The molecular weight excluding hydrogens is 268 g/mol. The van der Waals surface area contributed by atoms with Crippen molar-refractivity contribution >= 4 is 11.9 Å². The summed E-state index contributed by atoms with van der Waals surface area (Å²) in [6.07, 6.45) is 5.73. The van der Waals surface area contributed by atoms with Crippen molar-refractivity contribution in [3.63, 3.8) is 0 Å². The number of aromatic nitrogens is 1. The van der Waals surface area contributed by atoms with Gasteiger partial charge < -0.3 is 10.4 Å². The number of hydrogen-bond acceptors (Lipinski definition) is 3. The van der Waals surface area contributed by atoms with Gasteiger partial charge in [0, 0.05) is 12.6 Å². The lowest BCUT2D eigenvalue weighted by Crippen LogP contribution is -2.33. The Morgan fingerprint density at radius 2 is 2.05 bits per heavy atom. The summed E-state index contributed by atoms with van der Waals surface area (Å²) < 4.78 is 0. The van der Waals surface area contributed by atoms with Crippen molar-refractivity contribution in [3.05, 3.63) is 30.1 Å². The Morgan fingerprint density at radius 3 is 2.62 bits per heavy atom. The number of nitrogens with one attached hydrogen (secondary N) is 1. The van der Waals surface area contributed by atoms with Crippen LogP contribution in [0.5, 0.6) is 0 Å². The largest absolute Gasteiger partial charge is 0.481 e. The Kier molecular flexibility index (Phi) is 4.94. The molecule has 0 unspecified atom stereocenters. The maximum atomic E-state index is 12.2. The number of hydrogen-bond donors (Lipinski definition) is 2. The van der Waals surface area contributed by atoms with Crippen molar-refractivity contribution in [2.75, 3.05) is 0 Å². The lowest BCUT2D eigenvalue weighted by molar-refractivity contribution is -0.140. The molecule has 114 valence electrons. The highest BCUT2D eigenvalue weighted by Gasteiger charge is 2.38. The van der Waals surface area contributed by atoms with E-state index in [0.29, 0.717) is 0 Å². The van der Waals surface area contributed by atoms with E-state index in [4.69, 9.17) is 5.11 Å². The standard InChI is InChI=1S/C16H22N2O3/c1-12(13-6-2-5-9-17-13)18-14(19)10-16(11-15(20)21)7-3-4-8-16/h2,5-6,9,12H,3-4,7-8,10-11H2,1H3,(H,18,19)(H,20,21)/t12-/m0/s1. The van der Waals surface area contributed by atoms with Crippen LogP contribution in [0.15, 0.2) is 24.4 Å². The van der Waals surface area contributed by atoms with E-state index in [2.05, 4.69) is 10.3 Å². The molecule has 0 spiro atoms. The number of carbonyl (C=O) groups excluding carboxylic acids is 1. The molecule has 21 heavy (non-hydrogen) atoms. The Labute approximate surface area is 124 Å². The van der Waals surface area contributed by atoms with E-state index in [1.807, 2.05) is 25.1 Å². The van der Waals surface area contributed by atoms with Gasteiger partial charge in [-0.15, -0.1) is 0 Å². The van der Waals surface area contributed by atoms with Gasteiger partial charge in [0.05, 0.1) is 18.2 Å². The average molecular weight is 290 g/mol. The van der Waals surface area contributed by atoms with E-state index in [9.17, 15) is 9.59 Å². The number of aliphatic carboxylic acids is 1. The number of carboxylic acids is 1. The summed E-state index contributed by atoms with van der Waals surface area (Å²) in [6.45, 7) is 1.89. The van der Waals surface area contributed by atoms with E-state index < -0.39 is 5.97 Å². The molecule has 0 bridgehead atoms. The maximum absolute atomic E-state index is 12.2. The normalized spacial score (nSPS) is 18.1. The van der Waals surface area contributed by atoms with Crippen LogP contribution in [0, 0.1) is 5.41 Å². The fourth-order valence-electron chi connectivity index (χ4n) is 3.20. The first-order valence-electron chi connectivity index (χ1n) is 7.43. The lowest BCUT2D eigenvalue weighted by atomic mass is 9.79. The predicted molar refractivity (Wildman–Crippen MR) is 78.6 cm³/mol. The Bertz CT molecular complexity index is 496. The third kappa shape index (κ3) is 4.28. The third-order valence-electron chi connectivity index (χ3n) is 4.23. The minimum absolute atomic E-state index is 0.0817. The third-order valence-corrected chi connectivity index (χ3v) is 4.23. The zero-order valence-corrected chi connectivity index (χ0v) is 12.3. The van der Waals surface area contributed by atoms with Crippen molar-refractivity contribution in [2.45, 2.75) is 51.5 Å². The van der Waals surface area contributed by atoms with E-state index >= 15 is 0 Å².